The van der Waals surface area contributed by atoms with Crippen LogP contribution in [-0.4, -0.2) is 58.3 Å². The minimum Gasteiger partial charge on any atom is -0.406 e. The Kier molecular flexibility index (Phi) is 7.87. The number of aromatic nitrogens is 3. The van der Waals surface area contributed by atoms with Crippen LogP contribution in [0.3, 0.4) is 0 Å². The Labute approximate surface area is 235 Å². The van der Waals surface area contributed by atoms with Crippen molar-refractivity contribution in [3.05, 3.63) is 90.5 Å². The van der Waals surface area contributed by atoms with Crippen molar-refractivity contribution in [2.45, 2.75) is 12.5 Å². The maximum absolute atomic E-state index is 13.2. The zero-order chi connectivity index (χ0) is 29.9. The number of piperazine rings is 1. The van der Waals surface area contributed by atoms with Gasteiger partial charge >= 0.3 is 12.5 Å². The molecule has 0 radical (unpaired) electrons. The number of amides is 1. The maximum atomic E-state index is 13.2. The second-order valence-electron chi connectivity index (χ2n) is 9.25. The van der Waals surface area contributed by atoms with E-state index in [1.165, 1.54) is 42.9 Å². The molecule has 0 atom stereocenters. The van der Waals surface area contributed by atoms with Crippen LogP contribution in [0.2, 0.25) is 0 Å². The third kappa shape index (κ3) is 7.06. The van der Waals surface area contributed by atoms with Crippen molar-refractivity contribution in [3.63, 3.8) is 0 Å². The van der Waals surface area contributed by atoms with Gasteiger partial charge in [0.2, 0.25) is 0 Å². The molecule has 1 fully saturated rings. The molecule has 14 heteroatoms. The topological polar surface area (TPSA) is 83.5 Å². The van der Waals surface area contributed by atoms with Crippen molar-refractivity contribution in [1.82, 2.24) is 19.9 Å². The molecule has 1 amide bonds. The van der Waals surface area contributed by atoms with Gasteiger partial charge < -0.3 is 19.9 Å². The Hall–Kier alpha value is -4.88. The highest BCUT2D eigenvalue weighted by Gasteiger charge is 2.33. The van der Waals surface area contributed by atoms with Gasteiger partial charge in [-0.15, -0.1) is 13.2 Å². The summed E-state index contributed by atoms with van der Waals surface area (Å²) in [7, 11) is 0. The van der Waals surface area contributed by atoms with Crippen molar-refractivity contribution >= 4 is 23.1 Å². The van der Waals surface area contributed by atoms with Gasteiger partial charge in [0.25, 0.3) is 5.91 Å². The molecule has 1 saturated heterocycles. The van der Waals surface area contributed by atoms with E-state index in [-0.39, 0.29) is 11.7 Å². The van der Waals surface area contributed by atoms with Gasteiger partial charge in [0.1, 0.15) is 23.6 Å². The first-order valence-corrected chi connectivity index (χ1v) is 12.6. The van der Waals surface area contributed by atoms with E-state index in [0.29, 0.717) is 60.2 Å². The number of nitrogens with one attached hydrogen (secondary N) is 1. The molecular weight excluding hydrogens is 566 g/mol. The highest BCUT2D eigenvalue weighted by molar-refractivity contribution is 5.95. The third-order valence-electron chi connectivity index (χ3n) is 6.40. The molecule has 3 heterocycles. The van der Waals surface area contributed by atoms with Crippen LogP contribution >= 0.6 is 0 Å². The largest absolute Gasteiger partial charge is 0.573 e. The van der Waals surface area contributed by atoms with E-state index < -0.39 is 18.2 Å². The third-order valence-corrected chi connectivity index (χ3v) is 6.40. The minimum atomic E-state index is -4.78. The summed E-state index contributed by atoms with van der Waals surface area (Å²) in [5.74, 6) is -0.165. The molecule has 0 unspecified atom stereocenters. The second-order valence-corrected chi connectivity index (χ2v) is 9.25. The smallest absolute Gasteiger partial charge is 0.406 e. The highest BCUT2D eigenvalue weighted by atomic mass is 19.4. The number of anilines is 3. The number of halogens is 6. The molecule has 2 aromatic carbocycles. The van der Waals surface area contributed by atoms with E-state index in [1.54, 1.807) is 35.2 Å². The normalized spacial score (nSPS) is 14.0. The number of hydrogen-bond donors (Lipinski definition) is 1. The van der Waals surface area contributed by atoms with Gasteiger partial charge in [0, 0.05) is 49.1 Å². The van der Waals surface area contributed by atoms with Crippen molar-refractivity contribution < 1.29 is 35.9 Å². The van der Waals surface area contributed by atoms with E-state index in [9.17, 15) is 31.1 Å². The van der Waals surface area contributed by atoms with E-state index in [2.05, 4.69) is 25.0 Å². The summed E-state index contributed by atoms with van der Waals surface area (Å²) in [6.07, 6.45) is -6.78. The van der Waals surface area contributed by atoms with Gasteiger partial charge in [-0.05, 0) is 48.5 Å². The zero-order valence-electron chi connectivity index (χ0n) is 21.7. The fourth-order valence-electron chi connectivity index (χ4n) is 4.37. The first-order valence-electron chi connectivity index (χ1n) is 12.6. The lowest BCUT2D eigenvalue weighted by Gasteiger charge is -2.36. The van der Waals surface area contributed by atoms with Crippen molar-refractivity contribution in [2.75, 3.05) is 36.4 Å². The fraction of sp³-hybridized carbons (Fsp3) is 0.214. The molecule has 42 heavy (non-hydrogen) atoms. The van der Waals surface area contributed by atoms with Crippen LogP contribution in [0.15, 0.2) is 79.3 Å². The SMILES string of the molecule is O=C(c1cccc(-c2cc(Nc3ccc(OC(F)(F)F)cc3)ncn2)c1)N1CCN(c2ccc(C(F)(F)F)nc2)CC1. The van der Waals surface area contributed by atoms with E-state index in [1.807, 2.05) is 4.90 Å². The molecule has 0 saturated carbocycles. The fourth-order valence-corrected chi connectivity index (χ4v) is 4.37. The van der Waals surface area contributed by atoms with Crippen molar-refractivity contribution in [3.8, 4) is 17.0 Å². The van der Waals surface area contributed by atoms with Gasteiger partial charge in [-0.3, -0.25) is 4.79 Å². The molecule has 1 N–H and O–H groups in total. The van der Waals surface area contributed by atoms with Crippen LogP contribution in [0.4, 0.5) is 43.5 Å². The van der Waals surface area contributed by atoms with Gasteiger partial charge in [-0.2, -0.15) is 13.2 Å². The van der Waals surface area contributed by atoms with Gasteiger partial charge in [0.05, 0.1) is 17.6 Å². The lowest BCUT2D eigenvalue weighted by molar-refractivity contribution is -0.274. The molecule has 8 nitrogen and oxygen atoms in total. The van der Waals surface area contributed by atoms with Crippen LogP contribution in [-0.2, 0) is 6.18 Å². The number of ether oxygens (including phenoxy) is 1. The number of nitrogens with zero attached hydrogens (tertiary/aromatic N) is 5. The molecule has 218 valence electrons. The Morgan fingerprint density at radius 1 is 0.833 bits per heavy atom. The van der Waals surface area contributed by atoms with E-state index in [4.69, 9.17) is 0 Å². The Bertz CT molecular complexity index is 1540. The second kappa shape index (κ2) is 11.5. The summed E-state index contributed by atoms with van der Waals surface area (Å²) in [5.41, 5.74) is 1.67. The van der Waals surface area contributed by atoms with Crippen LogP contribution in [0.1, 0.15) is 16.1 Å². The summed E-state index contributed by atoms with van der Waals surface area (Å²) in [6.45, 7) is 1.61. The molecule has 0 aliphatic carbocycles. The number of alkyl halides is 6. The molecule has 2 aromatic heterocycles. The summed E-state index contributed by atoms with van der Waals surface area (Å²) >= 11 is 0. The number of carbonyl (C=O) groups is 1. The maximum Gasteiger partial charge on any atom is 0.573 e. The number of pyridine rings is 1. The Balaban J connectivity index is 1.22. The first-order chi connectivity index (χ1) is 19.9. The van der Waals surface area contributed by atoms with E-state index >= 15 is 0 Å². The zero-order valence-corrected chi connectivity index (χ0v) is 21.7. The van der Waals surface area contributed by atoms with Gasteiger partial charge in [-0.1, -0.05) is 12.1 Å². The summed E-state index contributed by atoms with van der Waals surface area (Å²) < 4.78 is 79.4. The highest BCUT2D eigenvalue weighted by Crippen LogP contribution is 2.29. The van der Waals surface area contributed by atoms with Crippen LogP contribution in [0.25, 0.3) is 11.3 Å². The predicted octanol–water partition coefficient (Wildman–Crippen LogP) is 6.16. The molecule has 0 bridgehead atoms. The number of hydrogen-bond acceptors (Lipinski definition) is 7. The summed E-state index contributed by atoms with van der Waals surface area (Å²) in [6, 6.07) is 16.0. The average molecular weight is 589 g/mol. The quantitative estimate of drug-likeness (QED) is 0.270. The monoisotopic (exact) mass is 588 g/mol. The van der Waals surface area contributed by atoms with Crippen LogP contribution < -0.4 is 15.0 Å². The molecule has 1 aliphatic heterocycles. The van der Waals surface area contributed by atoms with Crippen LogP contribution in [0, 0.1) is 0 Å². The number of benzene rings is 2. The number of carbonyl (C=O) groups excluding carboxylic acids is 1. The van der Waals surface area contributed by atoms with Crippen molar-refractivity contribution in [2.24, 2.45) is 0 Å². The molecule has 0 spiro atoms. The predicted molar refractivity (Wildman–Crippen MR) is 141 cm³/mol. The summed E-state index contributed by atoms with van der Waals surface area (Å²) in [4.78, 5) is 28.7. The Morgan fingerprint density at radius 2 is 1.57 bits per heavy atom. The lowest BCUT2D eigenvalue weighted by Crippen LogP contribution is -2.48. The van der Waals surface area contributed by atoms with Crippen molar-refractivity contribution in [1.29, 1.82) is 0 Å². The first kappa shape index (κ1) is 28.6. The standard InChI is InChI=1S/C28H22F6N6O2/c29-27(30,31)24-9-6-21(16-35-24)39-10-12-40(13-11-39)26(41)19-3-1-2-18(14-19)23-15-25(37-17-36-23)38-20-4-7-22(8-5-20)42-28(32,33)34/h1-9,14-17H,10-13H2,(H,36,37,38). The van der Waals surface area contributed by atoms with Gasteiger partial charge in [-0.25, -0.2) is 15.0 Å². The van der Waals surface area contributed by atoms with Gasteiger partial charge in [0.15, 0.2) is 0 Å². The lowest BCUT2D eigenvalue weighted by atomic mass is 10.1. The molecule has 1 aliphatic rings. The molecule has 4 aromatic rings. The van der Waals surface area contributed by atoms with E-state index in [0.717, 1.165) is 6.07 Å². The number of rotatable bonds is 6. The molecule has 5 rings (SSSR count). The van der Waals surface area contributed by atoms with Crippen LogP contribution in [0.5, 0.6) is 5.75 Å². The average Bonchev–Trinajstić information content (AvgIpc) is 2.97. The minimum absolute atomic E-state index is 0.199. The Morgan fingerprint density at radius 3 is 2.21 bits per heavy atom. The summed E-state index contributed by atoms with van der Waals surface area (Å²) in [5, 5.41) is 2.99. The molecular formula is C28H22F6N6O2.